The Labute approximate surface area is 288 Å². The highest BCUT2D eigenvalue weighted by molar-refractivity contribution is 6.21. The molecule has 0 nitrogen and oxygen atoms in total. The zero-order chi connectivity index (χ0) is 32.7. The lowest BCUT2D eigenvalue weighted by Gasteiger charge is -2.27. The van der Waals surface area contributed by atoms with Crippen LogP contribution in [0.25, 0.3) is 71.3 Å². The molecule has 232 valence electrons. The Morgan fingerprint density at radius 1 is 0.449 bits per heavy atom. The normalized spacial score (nSPS) is 18.4. The average molecular weight is 625 g/mol. The van der Waals surface area contributed by atoms with Crippen LogP contribution in [0.2, 0.25) is 0 Å². The second kappa shape index (κ2) is 10.6. The molecule has 10 rings (SSSR count). The molecule has 2 atom stereocenters. The molecule has 7 aromatic carbocycles. The van der Waals surface area contributed by atoms with Crippen LogP contribution in [0.1, 0.15) is 30.5 Å². The van der Waals surface area contributed by atoms with E-state index in [0.29, 0.717) is 11.8 Å². The molecule has 0 spiro atoms. The summed E-state index contributed by atoms with van der Waals surface area (Å²) >= 11 is 0. The van der Waals surface area contributed by atoms with E-state index in [-0.39, 0.29) is 5.41 Å². The largest absolute Gasteiger partial charge is 0.0767 e. The minimum Gasteiger partial charge on any atom is -0.0767 e. The Hall–Kier alpha value is -5.72. The molecule has 0 heterocycles. The fourth-order valence-electron chi connectivity index (χ4n) is 8.84. The molecule has 7 aromatic rings. The van der Waals surface area contributed by atoms with Gasteiger partial charge in [-0.25, -0.2) is 0 Å². The highest BCUT2D eigenvalue weighted by atomic mass is 14.4. The third kappa shape index (κ3) is 4.30. The number of hydrogen-bond donors (Lipinski definition) is 0. The van der Waals surface area contributed by atoms with E-state index in [0.717, 1.165) is 0 Å². The molecule has 0 aromatic heterocycles. The van der Waals surface area contributed by atoms with Crippen molar-refractivity contribution in [2.75, 3.05) is 0 Å². The second-order valence-corrected chi connectivity index (χ2v) is 14.5. The van der Waals surface area contributed by atoms with Crippen molar-refractivity contribution < 1.29 is 0 Å². The Morgan fingerprint density at radius 3 is 2.04 bits per heavy atom. The maximum absolute atomic E-state index is 2.55. The van der Waals surface area contributed by atoms with Gasteiger partial charge in [-0.15, -0.1) is 0 Å². The highest BCUT2D eigenvalue weighted by Gasteiger charge is 2.36. The molecule has 0 amide bonds. The third-order valence-corrected chi connectivity index (χ3v) is 11.3. The fraction of sp³-hybridized carbons (Fsp3) is 0.102. The second-order valence-electron chi connectivity index (χ2n) is 14.5. The molecule has 3 aliphatic carbocycles. The highest BCUT2D eigenvalue weighted by Crippen LogP contribution is 2.53. The zero-order valence-electron chi connectivity index (χ0n) is 27.8. The van der Waals surface area contributed by atoms with Crippen LogP contribution in [0.5, 0.6) is 0 Å². The average Bonchev–Trinajstić information content (AvgIpc) is 3.38. The van der Waals surface area contributed by atoms with Gasteiger partial charge < -0.3 is 0 Å². The Morgan fingerprint density at radius 2 is 1.16 bits per heavy atom. The maximum Gasteiger partial charge on any atom is 0.0159 e. The van der Waals surface area contributed by atoms with Gasteiger partial charge in [0.15, 0.2) is 0 Å². The molecule has 2 unspecified atom stereocenters. The summed E-state index contributed by atoms with van der Waals surface area (Å²) in [5.41, 5.74) is 13.1. The molecule has 49 heavy (non-hydrogen) atoms. The van der Waals surface area contributed by atoms with Gasteiger partial charge in [-0.05, 0) is 112 Å². The lowest BCUT2D eigenvalue weighted by molar-refractivity contribution is 0.661. The molecule has 0 radical (unpaired) electrons. The standard InChI is InChI=1S/C49H36/c1-49(2)45-19-11-10-18-39(45)41-29-43-44(30-46(41)49)48(38-23-21-33-15-7-9-17-35(33)27-38)42-28-36(31-12-4-3-5-13-31)24-25-40(42)47(43)37-22-20-32-14-6-8-16-34(32)26-37/h3-30,33,35H,1-2H3. The summed E-state index contributed by atoms with van der Waals surface area (Å²) in [4.78, 5) is 0. The molecule has 0 saturated carbocycles. The lowest BCUT2D eigenvalue weighted by Crippen LogP contribution is -2.15. The van der Waals surface area contributed by atoms with Gasteiger partial charge >= 0.3 is 0 Å². The number of hydrogen-bond acceptors (Lipinski definition) is 0. The van der Waals surface area contributed by atoms with Crippen molar-refractivity contribution in [3.63, 3.8) is 0 Å². The summed E-state index contributed by atoms with van der Waals surface area (Å²) in [6, 6.07) is 47.8. The van der Waals surface area contributed by atoms with E-state index < -0.39 is 0 Å². The SMILES string of the molecule is CC1(C)c2ccccc2-c2cc3c(-c4ccc5ccccc5c4)c4ccc(-c5ccccc5)cc4c(C4=CC5C=CC=CC5C=C4)c3cc21. The van der Waals surface area contributed by atoms with Gasteiger partial charge in [-0.3, -0.25) is 0 Å². The smallest absolute Gasteiger partial charge is 0.0159 e. The van der Waals surface area contributed by atoms with Crippen molar-refractivity contribution in [3.8, 4) is 33.4 Å². The molecule has 0 aliphatic heterocycles. The first kappa shape index (κ1) is 28.3. The van der Waals surface area contributed by atoms with Crippen LogP contribution in [0, 0.1) is 11.8 Å². The van der Waals surface area contributed by atoms with Gasteiger partial charge in [0.2, 0.25) is 0 Å². The van der Waals surface area contributed by atoms with Crippen molar-refractivity contribution in [3.05, 3.63) is 187 Å². The van der Waals surface area contributed by atoms with Gasteiger partial charge in [0, 0.05) is 17.3 Å². The van der Waals surface area contributed by atoms with Crippen molar-refractivity contribution in [2.45, 2.75) is 19.3 Å². The number of fused-ring (bicyclic) bond motifs is 7. The van der Waals surface area contributed by atoms with E-state index in [2.05, 4.69) is 184 Å². The van der Waals surface area contributed by atoms with Crippen LogP contribution < -0.4 is 0 Å². The van der Waals surface area contributed by atoms with Crippen LogP contribution in [0.15, 0.2) is 170 Å². The molecule has 0 heteroatoms. The van der Waals surface area contributed by atoms with E-state index in [4.69, 9.17) is 0 Å². The van der Waals surface area contributed by atoms with E-state index in [1.54, 1.807) is 0 Å². The predicted octanol–water partition coefficient (Wildman–Crippen LogP) is 13.1. The zero-order valence-corrected chi connectivity index (χ0v) is 27.8. The van der Waals surface area contributed by atoms with E-state index >= 15 is 0 Å². The van der Waals surface area contributed by atoms with Crippen LogP contribution in [-0.2, 0) is 5.41 Å². The Kier molecular flexibility index (Phi) is 6.15. The summed E-state index contributed by atoms with van der Waals surface area (Å²) in [6.45, 7) is 4.79. The quantitative estimate of drug-likeness (QED) is 0.172. The maximum atomic E-state index is 2.55. The van der Waals surface area contributed by atoms with Crippen LogP contribution in [0.3, 0.4) is 0 Å². The van der Waals surface area contributed by atoms with Crippen molar-refractivity contribution in [2.24, 2.45) is 11.8 Å². The number of allylic oxidation sites excluding steroid dienone is 8. The van der Waals surface area contributed by atoms with Gasteiger partial charge in [0.1, 0.15) is 0 Å². The summed E-state index contributed by atoms with van der Waals surface area (Å²) in [5, 5.41) is 7.76. The van der Waals surface area contributed by atoms with Crippen molar-refractivity contribution >= 4 is 37.9 Å². The topological polar surface area (TPSA) is 0 Å². The van der Waals surface area contributed by atoms with Gasteiger partial charge in [0.25, 0.3) is 0 Å². The Balaban J connectivity index is 1.37. The first-order chi connectivity index (χ1) is 24.0. The molecule has 0 saturated heterocycles. The first-order valence-corrected chi connectivity index (χ1v) is 17.5. The lowest BCUT2D eigenvalue weighted by atomic mass is 9.77. The van der Waals surface area contributed by atoms with Crippen LogP contribution in [0.4, 0.5) is 0 Å². The van der Waals surface area contributed by atoms with Crippen molar-refractivity contribution in [1.29, 1.82) is 0 Å². The summed E-state index contributed by atoms with van der Waals surface area (Å²) < 4.78 is 0. The minimum absolute atomic E-state index is 0.0971. The predicted molar refractivity (Wildman–Crippen MR) is 210 cm³/mol. The summed E-state index contributed by atoms with van der Waals surface area (Å²) in [5.74, 6) is 0.753. The number of rotatable bonds is 3. The molecule has 0 N–H and O–H groups in total. The van der Waals surface area contributed by atoms with E-state index in [1.165, 1.54) is 88.0 Å². The summed E-state index contributed by atoms with van der Waals surface area (Å²) in [6.07, 6.45) is 16.4. The van der Waals surface area contributed by atoms with Crippen LogP contribution in [-0.4, -0.2) is 0 Å². The Bertz CT molecular complexity index is 2620. The van der Waals surface area contributed by atoms with Crippen LogP contribution >= 0.6 is 0 Å². The molecule has 0 fully saturated rings. The van der Waals surface area contributed by atoms with E-state index in [1.807, 2.05) is 0 Å². The van der Waals surface area contributed by atoms with Gasteiger partial charge in [-0.1, -0.05) is 160 Å². The van der Waals surface area contributed by atoms with E-state index in [9.17, 15) is 0 Å². The summed E-state index contributed by atoms with van der Waals surface area (Å²) in [7, 11) is 0. The number of benzene rings is 7. The molecular formula is C49H36. The van der Waals surface area contributed by atoms with Gasteiger partial charge in [-0.2, -0.15) is 0 Å². The third-order valence-electron chi connectivity index (χ3n) is 11.3. The molecule has 3 aliphatic rings. The minimum atomic E-state index is -0.0971. The first-order valence-electron chi connectivity index (χ1n) is 17.5. The fourth-order valence-corrected chi connectivity index (χ4v) is 8.84. The molecule has 0 bridgehead atoms. The van der Waals surface area contributed by atoms with Gasteiger partial charge in [0.05, 0.1) is 0 Å². The van der Waals surface area contributed by atoms with Crippen molar-refractivity contribution in [1.82, 2.24) is 0 Å². The molecular weight excluding hydrogens is 589 g/mol. The monoisotopic (exact) mass is 624 g/mol.